The molecule has 7 heteroatoms. The van der Waals surface area contributed by atoms with E-state index in [-0.39, 0.29) is 11.5 Å². The van der Waals surface area contributed by atoms with Crippen LogP contribution in [0.3, 0.4) is 0 Å². The van der Waals surface area contributed by atoms with Crippen LogP contribution in [0.5, 0.6) is 5.75 Å². The van der Waals surface area contributed by atoms with Crippen molar-refractivity contribution in [2.45, 2.75) is 0 Å². The Balaban J connectivity index is 1.69. The van der Waals surface area contributed by atoms with Gasteiger partial charge in [0, 0.05) is 21.5 Å². The van der Waals surface area contributed by atoms with E-state index in [0.717, 1.165) is 10.6 Å². The molecule has 136 valence electrons. The van der Waals surface area contributed by atoms with Crippen LogP contribution >= 0.6 is 22.9 Å². The molecule has 0 aliphatic rings. The van der Waals surface area contributed by atoms with E-state index < -0.39 is 12.6 Å². The minimum absolute atomic E-state index is 0.241. The van der Waals surface area contributed by atoms with E-state index in [4.69, 9.17) is 16.3 Å². The number of carbonyl (C=O) groups excluding carboxylic acids is 2. The standard InChI is InChI=1S/C20H14ClNO4S/c21-15-6-4-13(5-7-15)20-22-16(12-27-20)8-9-18(23)14-2-1-3-17(10-14)26-11-19(24)25/h1-10,12H,11H2,(H,24,25)/p-1/b9-8+. The summed E-state index contributed by atoms with van der Waals surface area (Å²) < 4.78 is 5.02. The number of benzene rings is 2. The van der Waals surface area contributed by atoms with Gasteiger partial charge in [-0.1, -0.05) is 35.9 Å². The second kappa shape index (κ2) is 8.62. The molecule has 0 fully saturated rings. The zero-order valence-electron chi connectivity index (χ0n) is 13.9. The molecule has 0 amide bonds. The summed E-state index contributed by atoms with van der Waals surface area (Å²) in [6, 6.07) is 13.7. The average molecular weight is 399 g/mol. The summed E-state index contributed by atoms with van der Waals surface area (Å²) >= 11 is 7.36. The maximum Gasteiger partial charge on any atom is 0.186 e. The van der Waals surface area contributed by atoms with Crippen molar-refractivity contribution < 1.29 is 19.4 Å². The molecular formula is C20H13ClNO4S-. The molecule has 0 unspecified atom stereocenters. The number of thiazole rings is 1. The zero-order valence-corrected chi connectivity index (χ0v) is 15.5. The fourth-order valence-electron chi connectivity index (χ4n) is 2.23. The number of carboxylic acid groups (broad SMARTS) is 1. The van der Waals surface area contributed by atoms with E-state index in [2.05, 4.69) is 4.98 Å². The van der Waals surface area contributed by atoms with Crippen molar-refractivity contribution in [3.8, 4) is 16.3 Å². The van der Waals surface area contributed by atoms with Gasteiger partial charge in [0.05, 0.1) is 11.7 Å². The molecule has 0 N–H and O–H groups in total. The fourth-order valence-corrected chi connectivity index (χ4v) is 3.15. The van der Waals surface area contributed by atoms with E-state index in [1.807, 2.05) is 17.5 Å². The Morgan fingerprint density at radius 3 is 2.70 bits per heavy atom. The molecule has 0 saturated carbocycles. The van der Waals surface area contributed by atoms with Crippen LogP contribution in [0.2, 0.25) is 5.02 Å². The van der Waals surface area contributed by atoms with Gasteiger partial charge in [0.2, 0.25) is 0 Å². The molecule has 5 nitrogen and oxygen atoms in total. The molecule has 3 aromatic rings. The van der Waals surface area contributed by atoms with Gasteiger partial charge in [0.15, 0.2) is 5.78 Å². The third-order valence-corrected chi connectivity index (χ3v) is 4.66. The van der Waals surface area contributed by atoms with Gasteiger partial charge in [0.1, 0.15) is 17.4 Å². The second-order valence-corrected chi connectivity index (χ2v) is 6.77. The van der Waals surface area contributed by atoms with Crippen molar-refractivity contribution in [1.29, 1.82) is 0 Å². The topological polar surface area (TPSA) is 79.3 Å². The Bertz CT molecular complexity index is 995. The molecule has 0 spiro atoms. The van der Waals surface area contributed by atoms with E-state index >= 15 is 0 Å². The third-order valence-electron chi connectivity index (χ3n) is 3.49. The molecule has 27 heavy (non-hydrogen) atoms. The van der Waals surface area contributed by atoms with Crippen LogP contribution in [-0.4, -0.2) is 23.3 Å². The number of aromatic nitrogens is 1. The first kappa shape index (κ1) is 18.8. The Hall–Kier alpha value is -2.96. The molecule has 3 rings (SSSR count). The maximum absolute atomic E-state index is 12.3. The number of hydrogen-bond donors (Lipinski definition) is 0. The van der Waals surface area contributed by atoms with Crippen LogP contribution in [0.4, 0.5) is 0 Å². The molecule has 0 aliphatic heterocycles. The average Bonchev–Trinajstić information content (AvgIpc) is 3.14. The summed E-state index contributed by atoms with van der Waals surface area (Å²) in [4.78, 5) is 27.2. The van der Waals surface area contributed by atoms with Crippen LogP contribution < -0.4 is 9.84 Å². The summed E-state index contributed by atoms with van der Waals surface area (Å²) in [6.45, 7) is -0.570. The fraction of sp³-hybridized carbons (Fsp3) is 0.0500. The van der Waals surface area contributed by atoms with Gasteiger partial charge in [-0.25, -0.2) is 4.98 Å². The first-order valence-electron chi connectivity index (χ1n) is 7.88. The summed E-state index contributed by atoms with van der Waals surface area (Å²) in [6.07, 6.45) is 3.05. The number of carbonyl (C=O) groups is 2. The number of nitrogens with zero attached hydrogens (tertiary/aromatic N) is 1. The molecule has 1 heterocycles. The van der Waals surface area contributed by atoms with E-state index in [9.17, 15) is 14.7 Å². The number of ketones is 1. The number of aliphatic carboxylic acids is 1. The highest BCUT2D eigenvalue weighted by molar-refractivity contribution is 7.13. The lowest BCUT2D eigenvalue weighted by Gasteiger charge is -2.07. The quantitative estimate of drug-likeness (QED) is 0.449. The van der Waals surface area contributed by atoms with Crippen LogP contribution in [-0.2, 0) is 4.79 Å². The van der Waals surface area contributed by atoms with Gasteiger partial charge in [-0.2, -0.15) is 0 Å². The van der Waals surface area contributed by atoms with Crippen molar-refractivity contribution in [2.75, 3.05) is 6.61 Å². The van der Waals surface area contributed by atoms with Gasteiger partial charge in [0.25, 0.3) is 0 Å². The number of carboxylic acids is 1. The second-order valence-electron chi connectivity index (χ2n) is 5.47. The van der Waals surface area contributed by atoms with Crippen LogP contribution in [0.15, 0.2) is 60.0 Å². The number of hydrogen-bond acceptors (Lipinski definition) is 6. The van der Waals surface area contributed by atoms with Crippen molar-refractivity contribution in [2.24, 2.45) is 0 Å². The summed E-state index contributed by atoms with van der Waals surface area (Å²) in [5.74, 6) is -1.28. The molecule has 2 aromatic carbocycles. The normalized spacial score (nSPS) is 10.9. The Morgan fingerprint density at radius 2 is 1.96 bits per heavy atom. The lowest BCUT2D eigenvalue weighted by molar-refractivity contribution is -0.307. The lowest BCUT2D eigenvalue weighted by Crippen LogP contribution is -2.28. The lowest BCUT2D eigenvalue weighted by atomic mass is 10.1. The van der Waals surface area contributed by atoms with Crippen molar-refractivity contribution in [1.82, 2.24) is 4.98 Å². The van der Waals surface area contributed by atoms with Crippen molar-refractivity contribution in [3.05, 3.63) is 76.3 Å². The third kappa shape index (κ3) is 5.26. The first-order chi connectivity index (χ1) is 13.0. The highest BCUT2D eigenvalue weighted by Gasteiger charge is 2.06. The summed E-state index contributed by atoms with van der Waals surface area (Å²) in [5.41, 5.74) is 2.01. The van der Waals surface area contributed by atoms with Crippen LogP contribution in [0.1, 0.15) is 16.1 Å². The van der Waals surface area contributed by atoms with Gasteiger partial charge in [-0.15, -0.1) is 11.3 Å². The van der Waals surface area contributed by atoms with Gasteiger partial charge >= 0.3 is 0 Å². The monoisotopic (exact) mass is 398 g/mol. The Kier molecular flexibility index (Phi) is 6.01. The van der Waals surface area contributed by atoms with E-state index in [1.54, 1.807) is 36.4 Å². The van der Waals surface area contributed by atoms with Gasteiger partial charge in [-0.3, -0.25) is 4.79 Å². The smallest absolute Gasteiger partial charge is 0.186 e. The predicted molar refractivity (Wildman–Crippen MR) is 103 cm³/mol. The van der Waals surface area contributed by atoms with Crippen molar-refractivity contribution >= 4 is 40.8 Å². The zero-order chi connectivity index (χ0) is 19.2. The molecule has 0 radical (unpaired) electrons. The van der Waals surface area contributed by atoms with E-state index in [0.29, 0.717) is 16.3 Å². The first-order valence-corrected chi connectivity index (χ1v) is 9.13. The predicted octanol–water partition coefficient (Wildman–Crippen LogP) is 3.49. The minimum Gasteiger partial charge on any atom is -0.546 e. The van der Waals surface area contributed by atoms with Gasteiger partial charge < -0.3 is 14.6 Å². The molecule has 0 aliphatic carbocycles. The molecule has 0 bridgehead atoms. The van der Waals surface area contributed by atoms with Crippen LogP contribution in [0, 0.1) is 0 Å². The number of allylic oxidation sites excluding steroid dienone is 1. The number of rotatable bonds is 7. The Morgan fingerprint density at radius 1 is 1.19 bits per heavy atom. The number of ether oxygens (including phenoxy) is 1. The summed E-state index contributed by atoms with van der Waals surface area (Å²) in [7, 11) is 0. The SMILES string of the molecule is O=C([O-])COc1cccc(C(=O)/C=C/c2csc(-c3ccc(Cl)cc3)n2)c1. The number of halogens is 1. The minimum atomic E-state index is -1.33. The molecule has 0 saturated heterocycles. The van der Waals surface area contributed by atoms with Gasteiger partial charge in [-0.05, 0) is 36.4 Å². The summed E-state index contributed by atoms with van der Waals surface area (Å²) in [5, 5.41) is 13.8. The molecular weight excluding hydrogens is 386 g/mol. The highest BCUT2D eigenvalue weighted by Crippen LogP contribution is 2.25. The highest BCUT2D eigenvalue weighted by atomic mass is 35.5. The molecule has 0 atom stereocenters. The van der Waals surface area contributed by atoms with E-state index in [1.165, 1.54) is 23.5 Å². The largest absolute Gasteiger partial charge is 0.546 e. The Labute approximate surface area is 164 Å². The molecule has 1 aromatic heterocycles. The van der Waals surface area contributed by atoms with Crippen molar-refractivity contribution in [3.63, 3.8) is 0 Å². The van der Waals surface area contributed by atoms with Crippen LogP contribution in [0.25, 0.3) is 16.6 Å². The maximum atomic E-state index is 12.3.